The molecule has 1 aromatic carbocycles. The summed E-state index contributed by atoms with van der Waals surface area (Å²) in [6.07, 6.45) is 1.98. The van der Waals surface area contributed by atoms with Crippen LogP contribution in [0.5, 0.6) is 0 Å². The highest BCUT2D eigenvalue weighted by atomic mass is 16.7. The second-order valence-corrected chi connectivity index (χ2v) is 7.90. The highest BCUT2D eigenvalue weighted by Gasteiger charge is 2.41. The fourth-order valence-electron chi connectivity index (χ4n) is 3.83. The molecule has 2 aliphatic rings. The molecule has 1 atom stereocenters. The lowest BCUT2D eigenvalue weighted by atomic mass is 9.98. The van der Waals surface area contributed by atoms with Crippen LogP contribution in [-0.4, -0.2) is 54.8 Å². The number of ether oxygens (including phenoxy) is 2. The zero-order chi connectivity index (χ0) is 19.4. The molecule has 3 rings (SSSR count). The number of amides is 2. The molecule has 6 nitrogen and oxygen atoms in total. The van der Waals surface area contributed by atoms with Gasteiger partial charge in [-0.2, -0.15) is 0 Å². The first-order chi connectivity index (χ1) is 12.9. The van der Waals surface area contributed by atoms with Crippen molar-refractivity contribution in [3.05, 3.63) is 35.4 Å². The SMILES string of the molecule is Cc1ccccc1C(=O)N[C@H](CC(C)C)C(=O)N1CCC2(CC1)OCCO2. The normalized spacial score (nSPS) is 20.1. The van der Waals surface area contributed by atoms with Crippen molar-refractivity contribution in [1.82, 2.24) is 10.2 Å². The van der Waals surface area contributed by atoms with E-state index in [0.717, 1.165) is 5.56 Å². The first-order valence-electron chi connectivity index (χ1n) is 9.83. The van der Waals surface area contributed by atoms with Crippen molar-refractivity contribution in [3.8, 4) is 0 Å². The summed E-state index contributed by atoms with van der Waals surface area (Å²) in [4.78, 5) is 27.7. The number of rotatable bonds is 5. The molecular formula is C21H30N2O4. The van der Waals surface area contributed by atoms with Crippen LogP contribution in [0.15, 0.2) is 24.3 Å². The molecule has 0 bridgehead atoms. The summed E-state index contributed by atoms with van der Waals surface area (Å²) in [5.41, 5.74) is 1.52. The molecule has 2 fully saturated rings. The fraction of sp³-hybridized carbons (Fsp3) is 0.619. The number of nitrogens with one attached hydrogen (secondary N) is 1. The van der Waals surface area contributed by atoms with E-state index in [4.69, 9.17) is 9.47 Å². The molecule has 27 heavy (non-hydrogen) atoms. The molecule has 1 spiro atoms. The molecule has 1 aromatic rings. The van der Waals surface area contributed by atoms with Crippen LogP contribution in [0, 0.1) is 12.8 Å². The Morgan fingerprint density at radius 1 is 1.15 bits per heavy atom. The van der Waals surface area contributed by atoms with Crippen molar-refractivity contribution >= 4 is 11.8 Å². The van der Waals surface area contributed by atoms with Crippen LogP contribution in [-0.2, 0) is 14.3 Å². The quantitative estimate of drug-likeness (QED) is 0.860. The van der Waals surface area contributed by atoms with Gasteiger partial charge in [0.1, 0.15) is 6.04 Å². The molecule has 0 aromatic heterocycles. The molecule has 0 radical (unpaired) electrons. The summed E-state index contributed by atoms with van der Waals surface area (Å²) in [6.45, 7) is 8.45. The van der Waals surface area contributed by atoms with Gasteiger partial charge >= 0.3 is 0 Å². The number of nitrogens with zero attached hydrogens (tertiary/aromatic N) is 1. The van der Waals surface area contributed by atoms with E-state index in [9.17, 15) is 9.59 Å². The van der Waals surface area contributed by atoms with E-state index in [0.29, 0.717) is 57.0 Å². The smallest absolute Gasteiger partial charge is 0.252 e. The minimum atomic E-state index is -0.517. The zero-order valence-electron chi connectivity index (χ0n) is 16.5. The van der Waals surface area contributed by atoms with Crippen LogP contribution in [0.1, 0.15) is 49.0 Å². The summed E-state index contributed by atoms with van der Waals surface area (Å²) < 4.78 is 11.5. The van der Waals surface area contributed by atoms with Crippen molar-refractivity contribution in [2.45, 2.75) is 51.9 Å². The maximum absolute atomic E-state index is 13.1. The number of likely N-dealkylation sites (tertiary alicyclic amines) is 1. The summed E-state index contributed by atoms with van der Waals surface area (Å²) in [5, 5.41) is 2.97. The highest BCUT2D eigenvalue weighted by Crippen LogP contribution is 2.31. The predicted octanol–water partition coefficient (Wildman–Crippen LogP) is 2.51. The Hall–Kier alpha value is -1.92. The van der Waals surface area contributed by atoms with Crippen molar-refractivity contribution in [1.29, 1.82) is 0 Å². The summed E-state index contributed by atoms with van der Waals surface area (Å²) >= 11 is 0. The van der Waals surface area contributed by atoms with Crippen LogP contribution in [0.4, 0.5) is 0 Å². The minimum absolute atomic E-state index is 0.0153. The average Bonchev–Trinajstić information content (AvgIpc) is 3.09. The third kappa shape index (κ3) is 4.68. The van der Waals surface area contributed by atoms with Gasteiger partial charge in [0.15, 0.2) is 5.79 Å². The predicted molar refractivity (Wildman–Crippen MR) is 102 cm³/mol. The second kappa shape index (κ2) is 8.40. The molecule has 2 aliphatic heterocycles. The maximum atomic E-state index is 13.1. The average molecular weight is 374 g/mol. The van der Waals surface area contributed by atoms with Crippen LogP contribution in [0.2, 0.25) is 0 Å². The Balaban J connectivity index is 1.66. The van der Waals surface area contributed by atoms with E-state index in [-0.39, 0.29) is 11.8 Å². The van der Waals surface area contributed by atoms with Gasteiger partial charge in [0.05, 0.1) is 13.2 Å². The number of piperidine rings is 1. The van der Waals surface area contributed by atoms with Gasteiger partial charge in [0.2, 0.25) is 5.91 Å². The van der Waals surface area contributed by atoms with Crippen molar-refractivity contribution in [2.75, 3.05) is 26.3 Å². The number of hydrogen-bond acceptors (Lipinski definition) is 4. The summed E-state index contributed by atoms with van der Waals surface area (Å²) in [7, 11) is 0. The summed E-state index contributed by atoms with van der Waals surface area (Å²) in [5.74, 6) is -0.412. The Morgan fingerprint density at radius 3 is 2.37 bits per heavy atom. The number of carbonyl (C=O) groups excluding carboxylic acids is 2. The molecule has 2 heterocycles. The lowest BCUT2D eigenvalue weighted by Gasteiger charge is -2.39. The van der Waals surface area contributed by atoms with Crippen molar-refractivity contribution < 1.29 is 19.1 Å². The van der Waals surface area contributed by atoms with Gasteiger partial charge in [0.25, 0.3) is 5.91 Å². The number of hydrogen-bond donors (Lipinski definition) is 1. The Morgan fingerprint density at radius 2 is 1.78 bits per heavy atom. The molecule has 6 heteroatoms. The first kappa shape index (κ1) is 19.8. The molecule has 0 aliphatic carbocycles. The van der Waals surface area contributed by atoms with E-state index >= 15 is 0 Å². The molecule has 0 unspecified atom stereocenters. The fourth-order valence-corrected chi connectivity index (χ4v) is 3.83. The number of carbonyl (C=O) groups is 2. The van der Waals surface area contributed by atoms with Gasteiger partial charge in [-0.1, -0.05) is 32.0 Å². The lowest BCUT2D eigenvalue weighted by molar-refractivity contribution is -0.188. The van der Waals surface area contributed by atoms with E-state index < -0.39 is 11.8 Å². The van der Waals surface area contributed by atoms with Crippen LogP contribution < -0.4 is 5.32 Å². The molecule has 0 saturated carbocycles. The van der Waals surface area contributed by atoms with Crippen LogP contribution >= 0.6 is 0 Å². The van der Waals surface area contributed by atoms with Crippen molar-refractivity contribution in [3.63, 3.8) is 0 Å². The lowest BCUT2D eigenvalue weighted by Crippen LogP contribution is -2.54. The molecule has 1 N–H and O–H groups in total. The van der Waals surface area contributed by atoms with Gasteiger partial charge in [-0.05, 0) is 30.9 Å². The maximum Gasteiger partial charge on any atom is 0.252 e. The zero-order valence-corrected chi connectivity index (χ0v) is 16.5. The Bertz CT molecular complexity index is 673. The Kier molecular flexibility index (Phi) is 6.17. The van der Waals surface area contributed by atoms with Gasteiger partial charge in [0, 0.05) is 31.5 Å². The van der Waals surface area contributed by atoms with Gasteiger partial charge in [-0.15, -0.1) is 0 Å². The highest BCUT2D eigenvalue weighted by molar-refractivity contribution is 5.98. The molecule has 2 saturated heterocycles. The molecular weight excluding hydrogens is 344 g/mol. The topological polar surface area (TPSA) is 67.9 Å². The second-order valence-electron chi connectivity index (χ2n) is 7.90. The largest absolute Gasteiger partial charge is 0.347 e. The van der Waals surface area contributed by atoms with Gasteiger partial charge < -0.3 is 19.7 Å². The van der Waals surface area contributed by atoms with E-state index in [1.165, 1.54) is 0 Å². The number of benzene rings is 1. The first-order valence-corrected chi connectivity index (χ1v) is 9.83. The van der Waals surface area contributed by atoms with E-state index in [2.05, 4.69) is 19.2 Å². The van der Waals surface area contributed by atoms with E-state index in [1.54, 1.807) is 6.07 Å². The monoisotopic (exact) mass is 374 g/mol. The third-order valence-electron chi connectivity index (χ3n) is 5.35. The van der Waals surface area contributed by atoms with E-state index in [1.807, 2.05) is 30.0 Å². The van der Waals surface area contributed by atoms with Crippen LogP contribution in [0.25, 0.3) is 0 Å². The minimum Gasteiger partial charge on any atom is -0.347 e. The van der Waals surface area contributed by atoms with Gasteiger partial charge in [-0.25, -0.2) is 0 Å². The number of aryl methyl sites for hydroxylation is 1. The summed E-state index contributed by atoms with van der Waals surface area (Å²) in [6, 6.07) is 6.92. The molecule has 2 amide bonds. The third-order valence-corrected chi connectivity index (χ3v) is 5.35. The molecule has 148 valence electrons. The standard InChI is InChI=1S/C21H30N2O4/c1-15(2)14-18(22-19(24)17-7-5-4-6-16(17)3)20(25)23-10-8-21(9-11-23)26-12-13-27-21/h4-7,15,18H,8-14H2,1-3H3,(H,22,24)/t18-/m1/s1. The Labute approximate surface area is 161 Å². The van der Waals surface area contributed by atoms with Crippen LogP contribution in [0.3, 0.4) is 0 Å². The van der Waals surface area contributed by atoms with Gasteiger partial charge in [-0.3, -0.25) is 9.59 Å². The van der Waals surface area contributed by atoms with Crippen molar-refractivity contribution in [2.24, 2.45) is 5.92 Å².